The van der Waals surface area contributed by atoms with E-state index in [1.54, 1.807) is 12.1 Å². The largest absolute Gasteiger partial charge is 0.389 e. The van der Waals surface area contributed by atoms with Gasteiger partial charge in [0.05, 0.1) is 4.90 Å². The Morgan fingerprint density at radius 2 is 1.64 bits per heavy atom. The quantitative estimate of drug-likeness (QED) is 0.791. The fourth-order valence-electron chi connectivity index (χ4n) is 2.79. The Kier molecular flexibility index (Phi) is 9.75. The number of hydrogen-bond donors (Lipinski definition) is 1. The lowest BCUT2D eigenvalue weighted by Crippen LogP contribution is -2.45. The standard InChI is InChI=1S/C15H21F3N2O2S.2ClH/c1-23(21,22)13-4-2-12(3-5-13)14(6-7-15(16,17)18)20-10-8-19-9-11-20;;/h2-5,14,19H,6-11H2,1H3;2*1H/t14-;;/m1../s1. The lowest BCUT2D eigenvalue weighted by atomic mass is 9.99. The van der Waals surface area contributed by atoms with Crippen LogP contribution in [-0.2, 0) is 9.84 Å². The van der Waals surface area contributed by atoms with Crippen LogP contribution in [0.25, 0.3) is 0 Å². The van der Waals surface area contributed by atoms with E-state index in [1.807, 2.05) is 4.90 Å². The summed E-state index contributed by atoms with van der Waals surface area (Å²) < 4.78 is 60.8. The molecule has 1 aliphatic heterocycles. The predicted molar refractivity (Wildman–Crippen MR) is 96.5 cm³/mol. The van der Waals surface area contributed by atoms with Gasteiger partial charge in [-0.15, -0.1) is 24.8 Å². The van der Waals surface area contributed by atoms with Gasteiger partial charge in [-0.05, 0) is 24.1 Å². The van der Waals surface area contributed by atoms with Crippen LogP contribution in [0.4, 0.5) is 13.2 Å². The van der Waals surface area contributed by atoms with Gasteiger partial charge in [-0.2, -0.15) is 13.2 Å². The van der Waals surface area contributed by atoms with Gasteiger partial charge in [-0.3, -0.25) is 4.90 Å². The molecule has 1 aromatic carbocycles. The molecule has 0 spiro atoms. The Bertz CT molecular complexity index is 619. The van der Waals surface area contributed by atoms with E-state index in [2.05, 4.69) is 5.32 Å². The van der Waals surface area contributed by atoms with Crippen LogP contribution in [0.3, 0.4) is 0 Å². The molecular weight excluding hydrogens is 400 g/mol. The van der Waals surface area contributed by atoms with Gasteiger partial charge in [-0.1, -0.05) is 12.1 Å². The first-order valence-corrected chi connectivity index (χ1v) is 9.37. The minimum absolute atomic E-state index is 0. The lowest BCUT2D eigenvalue weighted by Gasteiger charge is -2.35. The maximum Gasteiger partial charge on any atom is 0.389 e. The van der Waals surface area contributed by atoms with Crippen molar-refractivity contribution < 1.29 is 21.6 Å². The average Bonchev–Trinajstić information content (AvgIpc) is 2.47. The summed E-state index contributed by atoms with van der Waals surface area (Å²) in [6, 6.07) is 5.83. The minimum Gasteiger partial charge on any atom is -0.314 e. The van der Waals surface area contributed by atoms with E-state index in [4.69, 9.17) is 0 Å². The summed E-state index contributed by atoms with van der Waals surface area (Å²) in [5, 5.41) is 3.18. The number of rotatable bonds is 5. The Balaban J connectivity index is 0.00000288. The lowest BCUT2D eigenvalue weighted by molar-refractivity contribution is -0.138. The zero-order valence-corrected chi connectivity index (χ0v) is 16.2. The number of alkyl halides is 3. The van der Waals surface area contributed by atoms with Crippen LogP contribution in [0.2, 0.25) is 0 Å². The van der Waals surface area contributed by atoms with Crippen molar-refractivity contribution in [3.63, 3.8) is 0 Å². The van der Waals surface area contributed by atoms with E-state index in [0.29, 0.717) is 13.1 Å². The number of piperazine rings is 1. The molecule has 1 aliphatic rings. The molecule has 1 N–H and O–H groups in total. The zero-order valence-electron chi connectivity index (χ0n) is 13.8. The molecule has 10 heteroatoms. The van der Waals surface area contributed by atoms with E-state index >= 15 is 0 Å². The molecule has 0 saturated carbocycles. The van der Waals surface area contributed by atoms with Crippen LogP contribution < -0.4 is 5.32 Å². The molecule has 1 heterocycles. The van der Waals surface area contributed by atoms with Crippen molar-refractivity contribution in [3.05, 3.63) is 29.8 Å². The normalized spacial score (nSPS) is 17.3. The smallest absolute Gasteiger partial charge is 0.314 e. The number of nitrogens with zero attached hydrogens (tertiary/aromatic N) is 1. The highest BCUT2D eigenvalue weighted by Gasteiger charge is 2.31. The summed E-state index contributed by atoms with van der Waals surface area (Å²) in [4.78, 5) is 2.20. The average molecular weight is 423 g/mol. The molecule has 1 atom stereocenters. The molecule has 25 heavy (non-hydrogen) atoms. The Morgan fingerprint density at radius 1 is 1.12 bits per heavy atom. The van der Waals surface area contributed by atoms with E-state index in [1.165, 1.54) is 12.1 Å². The van der Waals surface area contributed by atoms with Crippen LogP contribution >= 0.6 is 24.8 Å². The van der Waals surface area contributed by atoms with Crippen LogP contribution in [0.1, 0.15) is 24.4 Å². The SMILES string of the molecule is CS(=O)(=O)c1ccc([C@@H](CCC(F)(F)F)N2CCNCC2)cc1.Cl.Cl. The first-order valence-electron chi connectivity index (χ1n) is 7.48. The second-order valence-electron chi connectivity index (χ2n) is 5.80. The fourth-order valence-corrected chi connectivity index (χ4v) is 3.42. The van der Waals surface area contributed by atoms with Gasteiger partial charge in [0.25, 0.3) is 0 Å². The topological polar surface area (TPSA) is 49.4 Å². The maximum absolute atomic E-state index is 12.6. The van der Waals surface area contributed by atoms with Crippen molar-refractivity contribution in [1.29, 1.82) is 0 Å². The minimum atomic E-state index is -4.20. The first-order chi connectivity index (χ1) is 10.7. The van der Waals surface area contributed by atoms with Gasteiger partial charge in [0.2, 0.25) is 0 Å². The molecule has 1 saturated heterocycles. The van der Waals surface area contributed by atoms with E-state index in [9.17, 15) is 21.6 Å². The Morgan fingerprint density at radius 3 is 2.08 bits per heavy atom. The molecule has 0 aromatic heterocycles. The third kappa shape index (κ3) is 7.70. The molecular formula is C15H23Cl2F3N2O2S. The van der Waals surface area contributed by atoms with E-state index in [0.717, 1.165) is 24.9 Å². The molecule has 2 rings (SSSR count). The van der Waals surface area contributed by atoms with Crippen LogP contribution in [-0.4, -0.2) is 51.9 Å². The Hall–Kier alpha value is -0.540. The van der Waals surface area contributed by atoms with Gasteiger partial charge in [0.15, 0.2) is 9.84 Å². The highest BCUT2D eigenvalue weighted by atomic mass is 35.5. The van der Waals surface area contributed by atoms with Gasteiger partial charge in [0, 0.05) is 44.9 Å². The third-order valence-electron chi connectivity index (χ3n) is 3.99. The van der Waals surface area contributed by atoms with Crippen molar-refractivity contribution in [3.8, 4) is 0 Å². The Labute approximate surface area is 158 Å². The van der Waals surface area contributed by atoms with E-state index < -0.39 is 22.4 Å². The summed E-state index contributed by atoms with van der Waals surface area (Å²) in [5.74, 6) is 0. The van der Waals surface area contributed by atoms with Crippen molar-refractivity contribution >= 4 is 34.7 Å². The second kappa shape index (κ2) is 9.97. The molecule has 1 aromatic rings. The molecule has 0 unspecified atom stereocenters. The highest BCUT2D eigenvalue weighted by molar-refractivity contribution is 7.90. The molecule has 0 amide bonds. The summed E-state index contributed by atoms with van der Waals surface area (Å²) in [7, 11) is -3.31. The first kappa shape index (κ1) is 24.5. The van der Waals surface area contributed by atoms with Gasteiger partial charge >= 0.3 is 6.18 Å². The van der Waals surface area contributed by atoms with Crippen molar-refractivity contribution in [2.45, 2.75) is 30.0 Å². The number of hydrogen-bond acceptors (Lipinski definition) is 4. The summed E-state index contributed by atoms with van der Waals surface area (Å²) in [6.07, 6.45) is -3.96. The second-order valence-corrected chi connectivity index (χ2v) is 7.81. The van der Waals surface area contributed by atoms with Crippen molar-refractivity contribution in [2.24, 2.45) is 0 Å². The van der Waals surface area contributed by atoms with Crippen LogP contribution in [0.15, 0.2) is 29.2 Å². The number of halogens is 5. The molecule has 1 fully saturated rings. The third-order valence-corrected chi connectivity index (χ3v) is 5.12. The van der Waals surface area contributed by atoms with Gasteiger partial charge in [0.1, 0.15) is 0 Å². The summed E-state index contributed by atoms with van der Waals surface area (Å²) >= 11 is 0. The molecule has 146 valence electrons. The zero-order chi connectivity index (χ0) is 17.1. The monoisotopic (exact) mass is 422 g/mol. The van der Waals surface area contributed by atoms with Gasteiger partial charge in [-0.25, -0.2) is 8.42 Å². The maximum atomic E-state index is 12.6. The molecule has 4 nitrogen and oxygen atoms in total. The predicted octanol–water partition coefficient (Wildman–Crippen LogP) is 3.22. The fraction of sp³-hybridized carbons (Fsp3) is 0.600. The summed E-state index contributed by atoms with van der Waals surface area (Å²) in [5.41, 5.74) is 0.726. The number of benzene rings is 1. The molecule has 0 aliphatic carbocycles. The van der Waals surface area contributed by atoms with Crippen molar-refractivity contribution in [2.75, 3.05) is 32.4 Å². The van der Waals surface area contributed by atoms with Crippen LogP contribution in [0.5, 0.6) is 0 Å². The highest BCUT2D eigenvalue weighted by Crippen LogP contribution is 2.32. The van der Waals surface area contributed by atoms with Crippen LogP contribution in [0, 0.1) is 0 Å². The number of sulfone groups is 1. The van der Waals surface area contributed by atoms with E-state index in [-0.39, 0.29) is 42.2 Å². The molecule has 0 bridgehead atoms. The number of nitrogens with one attached hydrogen (secondary N) is 1. The van der Waals surface area contributed by atoms with Gasteiger partial charge < -0.3 is 5.32 Å². The molecule has 0 radical (unpaired) electrons. The summed E-state index contributed by atoms with van der Waals surface area (Å²) in [6.45, 7) is 2.83. The van der Waals surface area contributed by atoms with Crippen molar-refractivity contribution in [1.82, 2.24) is 10.2 Å².